The highest BCUT2D eigenvalue weighted by atomic mass is 16.5. The van der Waals surface area contributed by atoms with E-state index in [1.807, 2.05) is 40.7 Å². The summed E-state index contributed by atoms with van der Waals surface area (Å²) in [6.07, 6.45) is 2.60. The van der Waals surface area contributed by atoms with Gasteiger partial charge in [-0.15, -0.1) is 0 Å². The van der Waals surface area contributed by atoms with E-state index in [0.717, 1.165) is 39.5 Å². The van der Waals surface area contributed by atoms with Gasteiger partial charge in [-0.05, 0) is 58.2 Å². The van der Waals surface area contributed by atoms with Crippen LogP contribution in [0.2, 0.25) is 0 Å². The average molecular weight is 385 g/mol. The molecule has 2 aromatic heterocycles. The smallest absolute Gasteiger partial charge is 0.340 e. The maximum atomic E-state index is 12.5. The van der Waals surface area contributed by atoms with E-state index in [0.29, 0.717) is 24.3 Å². The van der Waals surface area contributed by atoms with E-state index in [9.17, 15) is 9.59 Å². The molecule has 0 radical (unpaired) electrons. The second-order valence-corrected chi connectivity index (χ2v) is 7.47. The molecule has 0 saturated carbocycles. The number of benzene rings is 1. The summed E-state index contributed by atoms with van der Waals surface area (Å²) in [6, 6.07) is 1.97. The van der Waals surface area contributed by atoms with Crippen molar-refractivity contribution in [3.8, 4) is 0 Å². The molecule has 1 amide bonds. The third-order valence-corrected chi connectivity index (χ3v) is 4.97. The highest BCUT2D eigenvalue weighted by Gasteiger charge is 2.19. The Morgan fingerprint density at radius 3 is 2.61 bits per heavy atom. The molecule has 0 unspecified atom stereocenters. The predicted molar refractivity (Wildman–Crippen MR) is 109 cm³/mol. The van der Waals surface area contributed by atoms with Gasteiger partial charge in [0, 0.05) is 29.5 Å². The van der Waals surface area contributed by atoms with Crippen LogP contribution in [0, 0.1) is 20.8 Å². The molecule has 0 aliphatic heterocycles. The maximum Gasteiger partial charge on any atom is 0.340 e. The van der Waals surface area contributed by atoms with E-state index in [-0.39, 0.29) is 18.4 Å². The van der Waals surface area contributed by atoms with Crippen molar-refractivity contribution in [3.05, 3.63) is 45.0 Å². The van der Waals surface area contributed by atoms with Crippen molar-refractivity contribution in [1.82, 2.24) is 5.32 Å². The van der Waals surface area contributed by atoms with E-state index in [1.165, 1.54) is 0 Å². The molecule has 3 aromatic rings. The fourth-order valence-corrected chi connectivity index (χ4v) is 3.36. The summed E-state index contributed by atoms with van der Waals surface area (Å²) >= 11 is 0. The molecular formula is C22H27NO5. The second-order valence-electron chi connectivity index (χ2n) is 7.47. The Labute approximate surface area is 163 Å². The molecule has 1 N–H and O–H groups in total. The van der Waals surface area contributed by atoms with Gasteiger partial charge < -0.3 is 18.9 Å². The first-order valence-electron chi connectivity index (χ1n) is 9.61. The maximum absolute atomic E-state index is 12.5. The molecule has 2 heterocycles. The number of rotatable bonds is 7. The summed E-state index contributed by atoms with van der Waals surface area (Å²) in [6.45, 7) is 10.8. The highest BCUT2D eigenvalue weighted by Crippen LogP contribution is 2.32. The minimum atomic E-state index is -0.478. The summed E-state index contributed by atoms with van der Waals surface area (Å²) in [5, 5.41) is 4.66. The molecule has 0 fully saturated rings. The van der Waals surface area contributed by atoms with E-state index in [1.54, 1.807) is 6.26 Å². The summed E-state index contributed by atoms with van der Waals surface area (Å²) in [5.74, 6) is -0.198. The van der Waals surface area contributed by atoms with Crippen molar-refractivity contribution in [2.24, 2.45) is 0 Å². The molecule has 6 nitrogen and oxygen atoms in total. The van der Waals surface area contributed by atoms with Crippen molar-refractivity contribution < 1.29 is 18.4 Å². The summed E-state index contributed by atoms with van der Waals surface area (Å²) in [5.41, 5.74) is 3.74. The topological polar surface area (TPSA) is 81.7 Å². The number of ether oxygens (including phenoxy) is 1. The first kappa shape index (κ1) is 20.1. The molecule has 0 saturated heterocycles. The van der Waals surface area contributed by atoms with Crippen molar-refractivity contribution >= 4 is 27.8 Å². The van der Waals surface area contributed by atoms with Crippen molar-refractivity contribution in [2.75, 3.05) is 13.2 Å². The highest BCUT2D eigenvalue weighted by molar-refractivity contribution is 6.00. The Bertz CT molecular complexity index is 1070. The average Bonchev–Trinajstić information content (AvgIpc) is 3.00. The van der Waals surface area contributed by atoms with Gasteiger partial charge in [0.1, 0.15) is 11.2 Å². The van der Waals surface area contributed by atoms with Crippen LogP contribution in [0.25, 0.3) is 21.9 Å². The van der Waals surface area contributed by atoms with E-state index < -0.39 is 5.63 Å². The molecule has 0 aliphatic rings. The number of hydrogen-bond donors (Lipinski definition) is 1. The van der Waals surface area contributed by atoms with E-state index in [2.05, 4.69) is 5.32 Å². The van der Waals surface area contributed by atoms with Gasteiger partial charge in [-0.25, -0.2) is 4.79 Å². The number of furan rings is 1. The van der Waals surface area contributed by atoms with Gasteiger partial charge in [-0.2, -0.15) is 0 Å². The van der Waals surface area contributed by atoms with Crippen LogP contribution in [0.1, 0.15) is 42.5 Å². The molecular weight excluding hydrogens is 358 g/mol. The van der Waals surface area contributed by atoms with Crippen LogP contribution in [0.3, 0.4) is 0 Å². The molecule has 0 bridgehead atoms. The second kappa shape index (κ2) is 8.19. The van der Waals surface area contributed by atoms with Crippen molar-refractivity contribution in [3.63, 3.8) is 0 Å². The molecule has 28 heavy (non-hydrogen) atoms. The quantitative estimate of drug-likeness (QED) is 0.492. The Morgan fingerprint density at radius 2 is 1.89 bits per heavy atom. The lowest BCUT2D eigenvalue weighted by molar-refractivity contribution is -0.120. The number of amides is 1. The summed E-state index contributed by atoms with van der Waals surface area (Å²) in [4.78, 5) is 24.8. The molecule has 0 spiro atoms. The lowest BCUT2D eigenvalue weighted by Gasteiger charge is -2.11. The SMILES string of the molecule is Cc1coc2c(C)c3oc(=O)c(CC(=O)NCCCOC(C)C)c(C)c3cc12. The lowest BCUT2D eigenvalue weighted by atomic mass is 9.99. The Morgan fingerprint density at radius 1 is 1.14 bits per heavy atom. The number of hydrogen-bond acceptors (Lipinski definition) is 5. The number of carbonyl (C=O) groups is 1. The molecule has 0 aliphatic carbocycles. The van der Waals surface area contributed by atoms with Crippen LogP contribution >= 0.6 is 0 Å². The van der Waals surface area contributed by atoms with Crippen LogP contribution < -0.4 is 10.9 Å². The zero-order valence-electron chi connectivity index (χ0n) is 17.1. The number of carbonyl (C=O) groups excluding carboxylic acids is 1. The monoisotopic (exact) mass is 385 g/mol. The summed E-state index contributed by atoms with van der Waals surface area (Å²) in [7, 11) is 0. The van der Waals surface area contributed by atoms with Crippen LogP contribution in [-0.2, 0) is 16.0 Å². The number of aryl methyl sites for hydroxylation is 3. The van der Waals surface area contributed by atoms with Gasteiger partial charge in [0.25, 0.3) is 0 Å². The van der Waals surface area contributed by atoms with E-state index >= 15 is 0 Å². The van der Waals surface area contributed by atoms with Gasteiger partial charge in [0.05, 0.1) is 24.4 Å². The first-order valence-corrected chi connectivity index (χ1v) is 9.61. The fourth-order valence-electron chi connectivity index (χ4n) is 3.36. The zero-order valence-corrected chi connectivity index (χ0v) is 17.1. The number of fused-ring (bicyclic) bond motifs is 2. The van der Waals surface area contributed by atoms with E-state index in [4.69, 9.17) is 13.6 Å². The third-order valence-electron chi connectivity index (χ3n) is 4.97. The van der Waals surface area contributed by atoms with Gasteiger partial charge in [-0.1, -0.05) is 0 Å². The predicted octanol–water partition coefficient (Wildman–Crippen LogP) is 3.94. The van der Waals surface area contributed by atoms with Crippen LogP contribution in [-0.4, -0.2) is 25.2 Å². The van der Waals surface area contributed by atoms with Gasteiger partial charge in [0.15, 0.2) is 0 Å². The fraction of sp³-hybridized carbons (Fsp3) is 0.455. The van der Waals surface area contributed by atoms with Crippen LogP contribution in [0.15, 0.2) is 26.0 Å². The third kappa shape index (κ3) is 3.97. The molecule has 6 heteroatoms. The van der Waals surface area contributed by atoms with Gasteiger partial charge in [-0.3, -0.25) is 4.79 Å². The first-order chi connectivity index (χ1) is 13.3. The lowest BCUT2D eigenvalue weighted by Crippen LogP contribution is -2.29. The Balaban J connectivity index is 1.84. The Hall–Kier alpha value is -2.60. The molecule has 0 atom stereocenters. The van der Waals surface area contributed by atoms with Crippen LogP contribution in [0.4, 0.5) is 0 Å². The van der Waals surface area contributed by atoms with Crippen molar-refractivity contribution in [2.45, 2.75) is 53.6 Å². The van der Waals surface area contributed by atoms with Crippen LogP contribution in [0.5, 0.6) is 0 Å². The largest absolute Gasteiger partial charge is 0.464 e. The minimum Gasteiger partial charge on any atom is -0.464 e. The standard InChI is InChI=1S/C22H27NO5/c1-12(2)26-8-6-7-23-19(24)10-18-14(4)17-9-16-13(3)11-27-20(16)15(5)21(17)28-22(18)25/h9,11-12H,6-8,10H2,1-5H3,(H,23,24). The minimum absolute atomic E-state index is 0.00337. The van der Waals surface area contributed by atoms with Crippen molar-refractivity contribution in [1.29, 1.82) is 0 Å². The Kier molecular flexibility index (Phi) is 5.89. The van der Waals surface area contributed by atoms with Gasteiger partial charge >= 0.3 is 5.63 Å². The molecule has 150 valence electrons. The number of nitrogens with one attached hydrogen (secondary N) is 1. The normalized spacial score (nSPS) is 11.6. The molecule has 1 aromatic carbocycles. The molecule has 3 rings (SSSR count). The zero-order chi connectivity index (χ0) is 20.4. The summed E-state index contributed by atoms with van der Waals surface area (Å²) < 4.78 is 16.6. The van der Waals surface area contributed by atoms with Gasteiger partial charge in [0.2, 0.25) is 5.91 Å².